The van der Waals surface area contributed by atoms with Gasteiger partial charge in [0, 0.05) is 23.6 Å². The molecule has 112 valence electrons. The first-order valence-electron chi connectivity index (χ1n) is 7.20. The monoisotopic (exact) mass is 312 g/mol. The van der Waals surface area contributed by atoms with Gasteiger partial charge < -0.3 is 9.15 Å². The van der Waals surface area contributed by atoms with E-state index in [1.165, 1.54) is 16.0 Å². The maximum Gasteiger partial charge on any atom is 0.201 e. The Hall–Kier alpha value is -2.27. The van der Waals surface area contributed by atoms with Crippen molar-refractivity contribution in [3.8, 4) is 17.0 Å². The molecule has 0 spiro atoms. The zero-order chi connectivity index (χ0) is 15.1. The molecule has 22 heavy (non-hydrogen) atoms. The number of fused-ring (bicyclic) bond motifs is 3. The van der Waals surface area contributed by atoms with E-state index in [0.29, 0.717) is 0 Å². The van der Waals surface area contributed by atoms with Gasteiger partial charge in [0.1, 0.15) is 5.75 Å². The highest BCUT2D eigenvalue weighted by Gasteiger charge is 2.23. The number of thiazole rings is 1. The minimum Gasteiger partial charge on any atom is -0.497 e. The van der Waals surface area contributed by atoms with Gasteiger partial charge in [0.15, 0.2) is 5.13 Å². The van der Waals surface area contributed by atoms with Crippen molar-refractivity contribution < 1.29 is 9.15 Å². The molecule has 0 saturated carbocycles. The summed E-state index contributed by atoms with van der Waals surface area (Å²) in [5, 5.41) is 0.962. The van der Waals surface area contributed by atoms with Crippen LogP contribution in [0, 0.1) is 0 Å². The third-order valence-corrected chi connectivity index (χ3v) is 5.19. The van der Waals surface area contributed by atoms with Crippen LogP contribution < -0.4 is 9.64 Å². The van der Waals surface area contributed by atoms with Crippen LogP contribution in [0.3, 0.4) is 0 Å². The van der Waals surface area contributed by atoms with Crippen LogP contribution in [0.5, 0.6) is 5.75 Å². The second-order valence-electron chi connectivity index (χ2n) is 5.30. The summed E-state index contributed by atoms with van der Waals surface area (Å²) in [5.41, 5.74) is 3.63. The summed E-state index contributed by atoms with van der Waals surface area (Å²) < 4.78 is 10.8. The fourth-order valence-corrected chi connectivity index (χ4v) is 3.84. The maximum atomic E-state index is 5.46. The molecule has 0 atom stereocenters. The van der Waals surface area contributed by atoms with E-state index in [1.54, 1.807) is 24.7 Å². The third-order valence-electron chi connectivity index (χ3n) is 4.00. The summed E-state index contributed by atoms with van der Waals surface area (Å²) in [6, 6.07) is 10.1. The number of furan rings is 1. The van der Waals surface area contributed by atoms with E-state index in [1.807, 2.05) is 30.1 Å². The third kappa shape index (κ3) is 2.09. The number of methoxy groups -OCH3 is 1. The fraction of sp³-hybridized carbons (Fsp3) is 0.235. The van der Waals surface area contributed by atoms with E-state index >= 15 is 0 Å². The van der Waals surface area contributed by atoms with E-state index < -0.39 is 0 Å². The number of aryl methyl sites for hydroxylation is 2. The van der Waals surface area contributed by atoms with E-state index in [4.69, 9.17) is 14.1 Å². The summed E-state index contributed by atoms with van der Waals surface area (Å²) in [6.07, 6.45) is 3.74. The molecule has 4 rings (SSSR count). The summed E-state index contributed by atoms with van der Waals surface area (Å²) in [7, 11) is 3.69. The lowest BCUT2D eigenvalue weighted by atomic mass is 9.93. The van der Waals surface area contributed by atoms with Gasteiger partial charge in [-0.3, -0.25) is 4.90 Å². The Morgan fingerprint density at radius 1 is 1.27 bits per heavy atom. The van der Waals surface area contributed by atoms with E-state index in [-0.39, 0.29) is 0 Å². The number of rotatable bonds is 3. The molecule has 0 aliphatic heterocycles. The molecule has 1 aliphatic rings. The van der Waals surface area contributed by atoms with Crippen molar-refractivity contribution in [1.82, 2.24) is 4.98 Å². The number of ether oxygens (including phenoxy) is 1. The van der Waals surface area contributed by atoms with Crippen molar-refractivity contribution in [3.63, 3.8) is 0 Å². The fourth-order valence-electron chi connectivity index (χ4n) is 2.80. The highest BCUT2D eigenvalue weighted by atomic mass is 32.1. The lowest BCUT2D eigenvalue weighted by Crippen LogP contribution is -2.07. The number of hydrogen-bond acceptors (Lipinski definition) is 5. The molecule has 0 N–H and O–H groups in total. The minimum absolute atomic E-state index is 0.807. The largest absolute Gasteiger partial charge is 0.497 e. The zero-order valence-electron chi connectivity index (χ0n) is 12.5. The molecule has 2 heterocycles. The molecule has 3 aromatic rings. The quantitative estimate of drug-likeness (QED) is 0.723. The Kier molecular flexibility index (Phi) is 3.15. The van der Waals surface area contributed by atoms with Crippen molar-refractivity contribution in [2.75, 3.05) is 19.1 Å². The Morgan fingerprint density at radius 2 is 2.18 bits per heavy atom. The number of aromatic nitrogens is 1. The van der Waals surface area contributed by atoms with E-state index in [9.17, 15) is 0 Å². The molecular formula is C17H16N2O2S. The average molecular weight is 312 g/mol. The van der Waals surface area contributed by atoms with Gasteiger partial charge in [0.05, 0.1) is 19.1 Å². The van der Waals surface area contributed by atoms with Crippen LogP contribution in [0.15, 0.2) is 41.0 Å². The van der Waals surface area contributed by atoms with Crippen molar-refractivity contribution in [2.24, 2.45) is 0 Å². The van der Waals surface area contributed by atoms with Gasteiger partial charge in [0.2, 0.25) is 5.88 Å². The van der Waals surface area contributed by atoms with Crippen LogP contribution in [0.4, 0.5) is 11.0 Å². The highest BCUT2D eigenvalue weighted by Crippen LogP contribution is 2.41. The normalized spacial score (nSPS) is 12.6. The molecule has 0 saturated heterocycles. The van der Waals surface area contributed by atoms with Crippen LogP contribution >= 0.6 is 11.3 Å². The highest BCUT2D eigenvalue weighted by molar-refractivity contribution is 7.16. The lowest BCUT2D eigenvalue weighted by Gasteiger charge is -2.15. The van der Waals surface area contributed by atoms with E-state index in [0.717, 1.165) is 35.3 Å². The van der Waals surface area contributed by atoms with Gasteiger partial charge in [-0.15, -0.1) is 11.3 Å². The maximum absolute atomic E-state index is 5.46. The lowest BCUT2D eigenvalue weighted by molar-refractivity contribution is 0.414. The SMILES string of the molecule is COc1ccc2c(c1)CCc1sc(N(C)c3ccco3)nc1-2. The van der Waals surface area contributed by atoms with Gasteiger partial charge >= 0.3 is 0 Å². The van der Waals surface area contributed by atoms with Crippen LogP contribution in [-0.4, -0.2) is 19.1 Å². The van der Waals surface area contributed by atoms with Crippen molar-refractivity contribution in [2.45, 2.75) is 12.8 Å². The standard InChI is InChI=1S/C17H16N2O2S/c1-19(15-4-3-9-21-15)17-18-16-13-7-6-12(20-2)10-11(13)5-8-14(16)22-17/h3-4,6-7,9-10H,5,8H2,1-2H3. The molecule has 1 aromatic carbocycles. The zero-order valence-corrected chi connectivity index (χ0v) is 13.3. The summed E-state index contributed by atoms with van der Waals surface area (Å²) in [4.78, 5) is 8.18. The second-order valence-corrected chi connectivity index (χ2v) is 6.36. The molecule has 2 aromatic heterocycles. The van der Waals surface area contributed by atoms with Gasteiger partial charge in [-0.25, -0.2) is 4.98 Å². The Balaban J connectivity index is 1.75. The second kappa shape index (κ2) is 5.18. The van der Waals surface area contributed by atoms with Crippen LogP contribution in [0.25, 0.3) is 11.3 Å². The molecule has 1 aliphatic carbocycles. The molecule has 0 radical (unpaired) electrons. The topological polar surface area (TPSA) is 38.5 Å². The Morgan fingerprint density at radius 3 is 2.95 bits per heavy atom. The van der Waals surface area contributed by atoms with Gasteiger partial charge in [-0.2, -0.15) is 0 Å². The molecule has 0 unspecified atom stereocenters. The molecule has 0 bridgehead atoms. The Labute approximate surface area is 133 Å². The van der Waals surface area contributed by atoms with Crippen molar-refractivity contribution in [1.29, 1.82) is 0 Å². The predicted octanol–water partition coefficient (Wildman–Crippen LogP) is 4.28. The number of nitrogens with zero attached hydrogens (tertiary/aromatic N) is 2. The summed E-state index contributed by atoms with van der Waals surface area (Å²) >= 11 is 1.74. The van der Waals surface area contributed by atoms with Crippen molar-refractivity contribution in [3.05, 3.63) is 47.0 Å². The number of benzene rings is 1. The van der Waals surface area contributed by atoms with Crippen LogP contribution in [0.2, 0.25) is 0 Å². The molecule has 0 fully saturated rings. The van der Waals surface area contributed by atoms with Gasteiger partial charge in [-0.05, 0) is 42.7 Å². The predicted molar refractivity (Wildman–Crippen MR) is 88.3 cm³/mol. The average Bonchev–Trinajstić information content (AvgIpc) is 3.22. The minimum atomic E-state index is 0.807. The summed E-state index contributed by atoms with van der Waals surface area (Å²) in [5.74, 6) is 1.71. The van der Waals surface area contributed by atoms with Crippen molar-refractivity contribution >= 4 is 22.4 Å². The smallest absolute Gasteiger partial charge is 0.201 e. The number of hydrogen-bond donors (Lipinski definition) is 0. The first-order chi connectivity index (χ1) is 10.8. The van der Waals surface area contributed by atoms with Gasteiger partial charge in [0.25, 0.3) is 0 Å². The van der Waals surface area contributed by atoms with Gasteiger partial charge in [-0.1, -0.05) is 0 Å². The first-order valence-corrected chi connectivity index (χ1v) is 8.02. The Bertz CT molecular complexity index is 808. The van der Waals surface area contributed by atoms with Crippen LogP contribution in [0.1, 0.15) is 10.4 Å². The molecule has 5 heteroatoms. The first kappa shape index (κ1) is 13.4. The molecule has 4 nitrogen and oxygen atoms in total. The van der Waals surface area contributed by atoms with E-state index in [2.05, 4.69) is 12.1 Å². The number of anilines is 2. The molecular weight excluding hydrogens is 296 g/mol. The molecule has 0 amide bonds. The summed E-state index contributed by atoms with van der Waals surface area (Å²) in [6.45, 7) is 0. The van der Waals surface area contributed by atoms with Crippen LogP contribution in [-0.2, 0) is 12.8 Å².